The van der Waals surface area contributed by atoms with Crippen molar-refractivity contribution < 1.29 is 48.0 Å². The average molecular weight is 761 g/mol. The Hall–Kier alpha value is -7.62. The van der Waals surface area contributed by atoms with Crippen molar-refractivity contribution in [1.82, 2.24) is 13.7 Å². The molecule has 0 saturated carbocycles. The number of hydrogen-bond donors (Lipinski definition) is 0. The highest BCUT2D eigenvalue weighted by Gasteiger charge is 2.19. The van der Waals surface area contributed by atoms with Gasteiger partial charge in [0, 0.05) is 49.4 Å². The lowest BCUT2D eigenvalue weighted by molar-refractivity contribution is 1.15. The molecule has 12 rings (SSSR count). The molecule has 0 saturated heterocycles. The van der Waals surface area contributed by atoms with Gasteiger partial charge in [-0.1, -0.05) is 139 Å². The molecule has 0 atom stereocenters. The Kier molecular flexibility index (Phi) is 2.78. The average Bonchev–Trinajstić information content (AvgIpc) is 1.51. The van der Waals surface area contributed by atoms with Crippen LogP contribution in [0.25, 0.3) is 105 Å². The first kappa shape index (κ1) is 12.7. The van der Waals surface area contributed by atoms with Crippen molar-refractivity contribution in [3.63, 3.8) is 0 Å². The predicted octanol–water partition coefficient (Wildman–Crippen LogP) is 14.3. The lowest BCUT2D eigenvalue weighted by Gasteiger charge is -2.13. The summed E-state index contributed by atoms with van der Waals surface area (Å²) in [6.07, 6.45) is 0. The second-order valence-electron chi connectivity index (χ2n) is 12.3. The van der Waals surface area contributed by atoms with Crippen LogP contribution in [0.1, 0.15) is 48.0 Å². The van der Waals surface area contributed by atoms with E-state index in [0.717, 1.165) is 4.57 Å². The number of nitrogens with zero attached hydrogens (tertiary/aromatic N) is 3. The van der Waals surface area contributed by atoms with Gasteiger partial charge in [0.1, 0.15) is 0 Å². The summed E-state index contributed by atoms with van der Waals surface area (Å²) in [6.45, 7) is 0. The Morgan fingerprint density at radius 1 is 0.228 bits per heavy atom. The molecule has 266 valence electrons. The van der Waals surface area contributed by atoms with Gasteiger partial charge in [-0.3, -0.25) is 0 Å². The van der Waals surface area contributed by atoms with E-state index in [2.05, 4.69) is 0 Å². The number of benzene rings is 9. The van der Waals surface area contributed by atoms with Crippen LogP contribution >= 0.6 is 0 Å². The second kappa shape index (κ2) is 12.5. The maximum atomic E-state index is 10.3. The van der Waals surface area contributed by atoms with Gasteiger partial charge in [-0.2, -0.15) is 0 Å². The van der Waals surface area contributed by atoms with E-state index in [1.807, 2.05) is 0 Å². The molecule has 3 heteroatoms. The van der Waals surface area contributed by atoms with Gasteiger partial charge in [0.05, 0.1) is 81.1 Å². The molecule has 0 fully saturated rings. The summed E-state index contributed by atoms with van der Waals surface area (Å²) < 4.78 is 321. The summed E-state index contributed by atoms with van der Waals surface area (Å²) >= 11 is 0. The van der Waals surface area contributed by atoms with Crippen LogP contribution in [-0.2, 0) is 0 Å². The quantitative estimate of drug-likeness (QED) is 0.166. The molecule has 0 aliphatic heterocycles. The molecule has 3 heterocycles. The number of aromatic nitrogens is 3. The van der Waals surface area contributed by atoms with E-state index in [-0.39, 0.29) is 0 Å². The molecular formula is C54H35N3. The standard InChI is InChI=1S/C54H35N3/c1-2-14-36(15-3-1)37-16-12-17-38(32-37)39-18-13-19-40(33-39)55-52-27-11-7-23-46(52)48-34-41(29-31-53(48)55)57-51-26-10-6-22-45(51)47-30-28-42(35-54(47)57)56-49-24-8-4-20-43(49)44-21-5-9-25-50(44)56/h1-35H/i1D,2D,3D,4D,5D,6D,7D,8D,9D,10D,11D,12D,13D,14D,15D,16D,17D,18D,19D,20D,21D,22D,23D,24D,25D,26D,27D,28D,29D,30D,31D,32D,33D,34D,35D. The van der Waals surface area contributed by atoms with E-state index in [9.17, 15) is 20.6 Å². The van der Waals surface area contributed by atoms with Crippen LogP contribution in [0.2, 0.25) is 0 Å². The highest BCUT2D eigenvalue weighted by Crippen LogP contribution is 2.39. The van der Waals surface area contributed by atoms with E-state index >= 15 is 0 Å². The number of hydrogen-bond acceptors (Lipinski definition) is 0. The molecule has 3 aromatic heterocycles. The van der Waals surface area contributed by atoms with Crippen LogP contribution in [0.4, 0.5) is 0 Å². The molecule has 57 heavy (non-hydrogen) atoms. The number of para-hydroxylation sites is 4. The smallest absolute Gasteiger partial charge is 0.0667 e. The molecule has 12 aromatic rings. The molecule has 0 unspecified atom stereocenters. The highest BCUT2D eigenvalue weighted by molar-refractivity contribution is 6.13. The largest absolute Gasteiger partial charge is 0.309 e. The molecule has 9 aromatic carbocycles. The van der Waals surface area contributed by atoms with Gasteiger partial charge in [-0.25, -0.2) is 0 Å². The SMILES string of the molecule is [2H]c1c([2H])c([2H])c(-c2c([2H])c([2H])c([2H])c(-c3c([2H])c([2H])c([2H])c(-n4c5c([2H])c([2H])c([2H])c([2H])c5c5c([2H])c(-n6c7c([2H])c([2H])c([2H])c([2H])c7c7c([2H])c([2H])c(-n8c9c([2H])c([2H])c([2H])c([2H])c9c9c([2H])c([2H])c([2H])c([2H])c98)c([2H])c76)c([2H])c([2H])c54)c3[2H])c2[2H])c([2H])c1[2H]. The van der Waals surface area contributed by atoms with Crippen molar-refractivity contribution in [2.45, 2.75) is 0 Å². The molecule has 0 aliphatic carbocycles. The Morgan fingerprint density at radius 2 is 0.614 bits per heavy atom. The number of rotatable bonds is 5. The Morgan fingerprint density at radius 3 is 1.23 bits per heavy atom. The first-order chi connectivity index (χ1) is 42.9. The van der Waals surface area contributed by atoms with Gasteiger partial charge in [0.15, 0.2) is 0 Å². The zero-order valence-electron chi connectivity index (χ0n) is 63.3. The minimum Gasteiger partial charge on any atom is -0.309 e. The maximum absolute atomic E-state index is 10.3. The topological polar surface area (TPSA) is 14.8 Å². The van der Waals surface area contributed by atoms with Crippen molar-refractivity contribution in [2.24, 2.45) is 0 Å². The molecule has 0 spiro atoms. The first-order valence-electron chi connectivity index (χ1n) is 34.3. The molecular weight excluding hydrogens is 691 g/mol. The highest BCUT2D eigenvalue weighted by atomic mass is 15.0. The third kappa shape index (κ3) is 4.86. The van der Waals surface area contributed by atoms with Crippen molar-refractivity contribution in [1.29, 1.82) is 0 Å². The predicted molar refractivity (Wildman–Crippen MR) is 240 cm³/mol. The fourth-order valence-corrected chi connectivity index (χ4v) is 6.86. The van der Waals surface area contributed by atoms with Crippen LogP contribution in [0.5, 0.6) is 0 Å². The summed E-state index contributed by atoms with van der Waals surface area (Å²) in [5.74, 6) is 0. The van der Waals surface area contributed by atoms with Crippen LogP contribution in [0.15, 0.2) is 211 Å². The second-order valence-corrected chi connectivity index (χ2v) is 12.3. The Bertz CT molecular complexity index is 5480. The van der Waals surface area contributed by atoms with Crippen LogP contribution < -0.4 is 0 Å². The summed E-state index contributed by atoms with van der Waals surface area (Å²) in [5, 5.41) is -3.93. The van der Waals surface area contributed by atoms with E-state index in [0.29, 0.717) is 9.13 Å². The van der Waals surface area contributed by atoms with Gasteiger partial charge in [0.2, 0.25) is 0 Å². The van der Waals surface area contributed by atoms with Crippen LogP contribution in [-0.4, -0.2) is 13.7 Å². The van der Waals surface area contributed by atoms with Crippen molar-refractivity contribution in [2.75, 3.05) is 0 Å². The molecule has 0 N–H and O–H groups in total. The van der Waals surface area contributed by atoms with Gasteiger partial charge in [-0.15, -0.1) is 0 Å². The van der Waals surface area contributed by atoms with Crippen molar-refractivity contribution in [3.05, 3.63) is 211 Å². The molecule has 0 amide bonds. The maximum Gasteiger partial charge on any atom is 0.0667 e. The summed E-state index contributed by atoms with van der Waals surface area (Å²) in [5.41, 5.74) is -11.0. The normalized spacial score (nSPS) is 20.5. The summed E-state index contributed by atoms with van der Waals surface area (Å²) in [7, 11) is 0. The molecule has 0 radical (unpaired) electrons. The fraction of sp³-hybridized carbons (Fsp3) is 0. The van der Waals surface area contributed by atoms with Crippen molar-refractivity contribution in [3.8, 4) is 39.3 Å². The monoisotopic (exact) mass is 761 g/mol. The van der Waals surface area contributed by atoms with Gasteiger partial charge < -0.3 is 13.7 Å². The Balaban J connectivity index is 1.29. The minimum absolute atomic E-state index is 0.533. The first-order valence-corrected chi connectivity index (χ1v) is 16.8. The van der Waals surface area contributed by atoms with Crippen LogP contribution in [0.3, 0.4) is 0 Å². The van der Waals surface area contributed by atoms with Crippen LogP contribution in [0, 0.1) is 0 Å². The summed E-state index contributed by atoms with van der Waals surface area (Å²) in [6, 6.07) is -35.3. The number of fused-ring (bicyclic) bond motifs is 9. The van der Waals surface area contributed by atoms with Gasteiger partial charge in [-0.05, 0) is 94.8 Å². The minimum atomic E-state index is -1.20. The lowest BCUT2D eigenvalue weighted by Crippen LogP contribution is -1.97. The fourth-order valence-electron chi connectivity index (χ4n) is 6.86. The van der Waals surface area contributed by atoms with Gasteiger partial charge in [0.25, 0.3) is 0 Å². The van der Waals surface area contributed by atoms with E-state index in [4.69, 9.17) is 27.4 Å². The van der Waals surface area contributed by atoms with E-state index in [1.54, 1.807) is 0 Å². The molecule has 0 bridgehead atoms. The Labute approximate surface area is 378 Å². The lowest BCUT2D eigenvalue weighted by atomic mass is 9.99. The third-order valence-corrected chi connectivity index (χ3v) is 9.23. The molecule has 0 aliphatic rings. The van der Waals surface area contributed by atoms with Gasteiger partial charge >= 0.3 is 0 Å². The summed E-state index contributed by atoms with van der Waals surface area (Å²) in [4.78, 5) is 0. The van der Waals surface area contributed by atoms with E-state index < -0.39 is 316 Å². The zero-order chi connectivity index (χ0) is 67.9. The van der Waals surface area contributed by atoms with E-state index in [1.165, 1.54) is 0 Å². The third-order valence-electron chi connectivity index (χ3n) is 9.23. The molecule has 3 nitrogen and oxygen atoms in total. The van der Waals surface area contributed by atoms with Crippen molar-refractivity contribution >= 4 is 65.4 Å². The zero-order valence-corrected chi connectivity index (χ0v) is 28.3.